The predicted octanol–water partition coefficient (Wildman–Crippen LogP) is 3.05. The summed E-state index contributed by atoms with van der Waals surface area (Å²) in [5, 5.41) is 10.7. The molecule has 2 aromatic heterocycles. The molecule has 0 saturated heterocycles. The largest absolute Gasteiger partial charge is 0.488 e. The number of aliphatic hydroxyl groups is 1. The monoisotopic (exact) mass is 377 g/mol. The molecule has 0 unspecified atom stereocenters. The van der Waals surface area contributed by atoms with Gasteiger partial charge in [-0.1, -0.05) is 11.6 Å². The van der Waals surface area contributed by atoms with Gasteiger partial charge in [-0.2, -0.15) is 0 Å². The fourth-order valence-corrected chi connectivity index (χ4v) is 3.43. The molecule has 136 valence electrons. The van der Waals surface area contributed by atoms with E-state index in [0.717, 1.165) is 0 Å². The number of nitrogen functional groups attached to an aromatic ring is 1. The fourth-order valence-electron chi connectivity index (χ4n) is 3.24. The summed E-state index contributed by atoms with van der Waals surface area (Å²) in [6.07, 6.45) is 1.36. The zero-order valence-electron chi connectivity index (χ0n) is 14.4. The van der Waals surface area contributed by atoms with Crippen molar-refractivity contribution in [1.29, 1.82) is 0 Å². The van der Waals surface area contributed by atoms with Crippen LogP contribution in [0.15, 0.2) is 12.3 Å². The lowest BCUT2D eigenvalue weighted by Gasteiger charge is -2.28. The Morgan fingerprint density at radius 1 is 1.42 bits per heavy atom. The molecule has 3 aromatic rings. The van der Waals surface area contributed by atoms with Gasteiger partial charge in [-0.05, 0) is 26.8 Å². The highest BCUT2D eigenvalue weighted by atomic mass is 35.5. The Labute approximate surface area is 153 Å². The van der Waals surface area contributed by atoms with E-state index in [1.807, 2.05) is 6.92 Å². The van der Waals surface area contributed by atoms with Gasteiger partial charge in [-0.3, -0.25) is 0 Å². The third-order valence-corrected chi connectivity index (χ3v) is 4.62. The van der Waals surface area contributed by atoms with Crippen LogP contribution in [0.25, 0.3) is 22.3 Å². The molecule has 1 aliphatic rings. The Hall–Kier alpha value is -2.45. The summed E-state index contributed by atoms with van der Waals surface area (Å²) in [5.74, 6) is 0.234. The number of rotatable bonds is 2. The van der Waals surface area contributed by atoms with Crippen molar-refractivity contribution in [2.45, 2.75) is 32.4 Å². The number of anilines is 1. The summed E-state index contributed by atoms with van der Waals surface area (Å²) < 4.78 is 22.6. The highest BCUT2D eigenvalue weighted by molar-refractivity contribution is 6.33. The number of nitrogens with two attached hydrogens (primary N) is 1. The van der Waals surface area contributed by atoms with Crippen LogP contribution in [0, 0.1) is 5.82 Å². The van der Waals surface area contributed by atoms with Crippen molar-refractivity contribution in [3.05, 3.63) is 28.9 Å². The van der Waals surface area contributed by atoms with E-state index < -0.39 is 11.4 Å². The topological polar surface area (TPSA) is 99.1 Å². The molecule has 0 aliphatic carbocycles. The van der Waals surface area contributed by atoms with Gasteiger partial charge >= 0.3 is 0 Å². The maximum atomic E-state index is 14.9. The molecule has 1 atom stereocenters. The summed E-state index contributed by atoms with van der Waals surface area (Å²) in [6.45, 7) is 5.47. The summed E-state index contributed by atoms with van der Waals surface area (Å²) >= 11 is 6.21. The summed E-state index contributed by atoms with van der Waals surface area (Å²) in [5.41, 5.74) is 5.66. The van der Waals surface area contributed by atoms with Crippen molar-refractivity contribution in [1.82, 2.24) is 19.5 Å². The van der Waals surface area contributed by atoms with Crippen LogP contribution in [-0.2, 0) is 5.60 Å². The van der Waals surface area contributed by atoms with Crippen LogP contribution in [0.3, 0.4) is 0 Å². The number of imidazole rings is 1. The predicted molar refractivity (Wildman–Crippen MR) is 95.6 cm³/mol. The van der Waals surface area contributed by atoms with E-state index in [1.54, 1.807) is 18.4 Å². The molecule has 0 spiro atoms. The quantitative estimate of drug-likeness (QED) is 0.712. The van der Waals surface area contributed by atoms with Gasteiger partial charge in [0.1, 0.15) is 29.1 Å². The van der Waals surface area contributed by atoms with Crippen LogP contribution in [0.4, 0.5) is 10.3 Å². The SMILES string of the molecule is C[C@H]1COc2c(-c3nc(N)ncc3Cl)cc(F)c3nc(C(C)(C)O)n1c23. The van der Waals surface area contributed by atoms with Crippen LogP contribution < -0.4 is 10.5 Å². The first-order valence-corrected chi connectivity index (χ1v) is 8.44. The number of hydrogen-bond acceptors (Lipinski definition) is 6. The van der Waals surface area contributed by atoms with Gasteiger partial charge in [-0.15, -0.1) is 0 Å². The molecular weight excluding hydrogens is 361 g/mol. The zero-order chi connectivity index (χ0) is 18.8. The molecule has 0 fully saturated rings. The molecule has 9 heteroatoms. The van der Waals surface area contributed by atoms with Crippen molar-refractivity contribution in [3.63, 3.8) is 0 Å². The average molecular weight is 378 g/mol. The van der Waals surface area contributed by atoms with E-state index in [0.29, 0.717) is 29.3 Å². The number of nitrogens with zero attached hydrogens (tertiary/aromatic N) is 4. The van der Waals surface area contributed by atoms with Gasteiger partial charge in [0.15, 0.2) is 11.6 Å². The molecule has 1 aliphatic heterocycles. The Bertz CT molecular complexity index is 1040. The van der Waals surface area contributed by atoms with E-state index in [9.17, 15) is 9.50 Å². The molecule has 26 heavy (non-hydrogen) atoms. The Morgan fingerprint density at radius 2 is 2.15 bits per heavy atom. The summed E-state index contributed by atoms with van der Waals surface area (Å²) in [4.78, 5) is 12.3. The van der Waals surface area contributed by atoms with Crippen molar-refractivity contribution in [2.24, 2.45) is 0 Å². The molecule has 0 saturated carbocycles. The minimum Gasteiger partial charge on any atom is -0.488 e. The molecule has 3 N–H and O–H groups in total. The molecule has 0 radical (unpaired) electrons. The molecule has 7 nitrogen and oxygen atoms in total. The van der Waals surface area contributed by atoms with Gasteiger partial charge in [0.2, 0.25) is 5.95 Å². The standard InChI is InChI=1S/C17H17ClFN5O2/c1-7-6-26-14-8(11-9(18)5-21-16(20)23-11)4-10(19)12-13(14)24(7)15(22-12)17(2,3)25/h4-5,7,25H,6H2,1-3H3,(H2,20,21,23)/t7-/m0/s1. The molecule has 1 aromatic carbocycles. The van der Waals surface area contributed by atoms with Gasteiger partial charge in [0, 0.05) is 5.56 Å². The number of ether oxygens (including phenoxy) is 1. The van der Waals surface area contributed by atoms with Gasteiger partial charge in [-0.25, -0.2) is 19.3 Å². The minimum atomic E-state index is -1.24. The minimum absolute atomic E-state index is 0.0203. The van der Waals surface area contributed by atoms with Crippen molar-refractivity contribution < 1.29 is 14.2 Å². The number of benzene rings is 1. The average Bonchev–Trinajstić information content (AvgIpc) is 2.98. The third-order valence-electron chi connectivity index (χ3n) is 4.34. The summed E-state index contributed by atoms with van der Waals surface area (Å²) in [6, 6.07) is 1.14. The Morgan fingerprint density at radius 3 is 2.85 bits per heavy atom. The van der Waals surface area contributed by atoms with Crippen molar-refractivity contribution >= 4 is 28.6 Å². The van der Waals surface area contributed by atoms with Gasteiger partial charge in [0.05, 0.1) is 23.0 Å². The van der Waals surface area contributed by atoms with Crippen LogP contribution in [0.5, 0.6) is 5.75 Å². The number of halogens is 2. The first-order chi connectivity index (χ1) is 12.2. The van der Waals surface area contributed by atoms with Gasteiger partial charge < -0.3 is 20.1 Å². The van der Waals surface area contributed by atoms with Crippen LogP contribution >= 0.6 is 11.6 Å². The molecule has 0 bridgehead atoms. The normalized spacial score (nSPS) is 16.8. The zero-order valence-corrected chi connectivity index (χ0v) is 15.2. The second-order valence-electron chi connectivity index (χ2n) is 6.88. The first kappa shape index (κ1) is 17.0. The smallest absolute Gasteiger partial charge is 0.220 e. The van der Waals surface area contributed by atoms with Crippen LogP contribution in [-0.4, -0.2) is 31.2 Å². The summed E-state index contributed by atoms with van der Waals surface area (Å²) in [7, 11) is 0. The van der Waals surface area contributed by atoms with Gasteiger partial charge in [0.25, 0.3) is 0 Å². The number of hydrogen-bond donors (Lipinski definition) is 2. The van der Waals surface area contributed by atoms with E-state index in [1.165, 1.54) is 12.3 Å². The van der Waals surface area contributed by atoms with Crippen molar-refractivity contribution in [2.75, 3.05) is 12.3 Å². The highest BCUT2D eigenvalue weighted by Crippen LogP contribution is 2.44. The van der Waals surface area contributed by atoms with E-state index >= 15 is 0 Å². The number of aromatic nitrogens is 4. The van der Waals surface area contributed by atoms with Crippen molar-refractivity contribution in [3.8, 4) is 17.0 Å². The second kappa shape index (κ2) is 5.52. The molecule has 3 heterocycles. The lowest BCUT2D eigenvalue weighted by Crippen LogP contribution is -2.28. The lowest BCUT2D eigenvalue weighted by atomic mass is 10.1. The molecule has 4 rings (SSSR count). The Balaban J connectivity index is 2.12. The van der Waals surface area contributed by atoms with E-state index in [4.69, 9.17) is 22.1 Å². The van der Waals surface area contributed by atoms with E-state index in [-0.39, 0.29) is 28.2 Å². The van der Waals surface area contributed by atoms with Crippen LogP contribution in [0.1, 0.15) is 32.6 Å². The maximum absolute atomic E-state index is 14.9. The lowest BCUT2D eigenvalue weighted by molar-refractivity contribution is 0.0616. The third kappa shape index (κ3) is 2.40. The Kier molecular flexibility index (Phi) is 3.61. The molecular formula is C17H17ClFN5O2. The highest BCUT2D eigenvalue weighted by Gasteiger charge is 2.34. The molecule has 0 amide bonds. The fraction of sp³-hybridized carbons (Fsp3) is 0.353. The maximum Gasteiger partial charge on any atom is 0.220 e. The van der Waals surface area contributed by atoms with E-state index in [2.05, 4.69) is 15.0 Å². The second-order valence-corrected chi connectivity index (χ2v) is 7.29. The van der Waals surface area contributed by atoms with Crippen LogP contribution in [0.2, 0.25) is 5.02 Å². The first-order valence-electron chi connectivity index (χ1n) is 8.07.